The number of carbonyl (C=O) groups is 2. The molecule has 0 fully saturated rings. The molecule has 0 atom stereocenters. The molecule has 1 aliphatic rings. The first kappa shape index (κ1) is 15.6. The molecule has 0 unspecified atom stereocenters. The molecule has 0 bridgehead atoms. The van der Waals surface area contributed by atoms with Gasteiger partial charge in [0.25, 0.3) is 5.91 Å². The van der Waals surface area contributed by atoms with Crippen LogP contribution in [-0.2, 0) is 4.79 Å². The first-order valence-corrected chi connectivity index (χ1v) is 7.24. The van der Waals surface area contributed by atoms with Gasteiger partial charge in [-0.25, -0.2) is 0 Å². The minimum Gasteiger partial charge on any atom is -0.543 e. The highest BCUT2D eigenvalue weighted by Crippen LogP contribution is 2.32. The molecule has 1 amide bonds. The predicted molar refractivity (Wildman–Crippen MR) is 84.2 cm³/mol. The summed E-state index contributed by atoms with van der Waals surface area (Å²) in [4.78, 5) is 23.6. The van der Waals surface area contributed by atoms with Gasteiger partial charge in [-0.2, -0.15) is 0 Å². The Morgan fingerprint density at radius 1 is 1.12 bits per heavy atom. The van der Waals surface area contributed by atoms with Crippen molar-refractivity contribution in [3.8, 4) is 11.5 Å². The van der Waals surface area contributed by atoms with E-state index >= 15 is 0 Å². The monoisotopic (exact) mass is 324 g/mol. The lowest BCUT2D eigenvalue weighted by Crippen LogP contribution is -2.35. The van der Waals surface area contributed by atoms with Crippen LogP contribution >= 0.6 is 0 Å². The predicted octanol–water partition coefficient (Wildman–Crippen LogP) is 1.24. The van der Waals surface area contributed by atoms with Crippen LogP contribution in [0.2, 0.25) is 0 Å². The van der Waals surface area contributed by atoms with Crippen LogP contribution < -0.4 is 19.9 Å². The Kier molecular flexibility index (Phi) is 4.20. The highest BCUT2D eigenvalue weighted by atomic mass is 16.7. The third-order valence-corrected chi connectivity index (χ3v) is 3.57. The fourth-order valence-electron chi connectivity index (χ4n) is 2.33. The number of carbonyl (C=O) groups excluding carboxylic acids is 2. The Labute approximate surface area is 138 Å². The van der Waals surface area contributed by atoms with Crippen molar-refractivity contribution in [2.24, 2.45) is 0 Å². The van der Waals surface area contributed by atoms with Crippen LogP contribution in [0.5, 0.6) is 11.5 Å². The lowest BCUT2D eigenvalue weighted by molar-refractivity contribution is -0.299. The third kappa shape index (κ3) is 3.22. The minimum absolute atomic E-state index is 0.125. The maximum atomic E-state index is 12.3. The molecule has 0 saturated carbocycles. The fraction of sp³-hybridized carbons (Fsp3) is 0.111. The lowest BCUT2D eigenvalue weighted by atomic mass is 10.1. The number of ether oxygens (including phenoxy) is 2. The van der Waals surface area contributed by atoms with Gasteiger partial charge in [0, 0.05) is 5.56 Å². The first-order chi connectivity index (χ1) is 11.5. The number of benzene rings is 2. The molecule has 3 rings (SSSR count). The zero-order valence-corrected chi connectivity index (χ0v) is 12.9. The molecule has 122 valence electrons. The molecule has 1 N–H and O–H groups in total. The van der Waals surface area contributed by atoms with Gasteiger partial charge in [-0.05, 0) is 42.3 Å². The van der Waals surface area contributed by atoms with Crippen LogP contribution in [0.25, 0.3) is 6.08 Å². The summed E-state index contributed by atoms with van der Waals surface area (Å²) in [5.41, 5.74) is 1.36. The molecule has 0 saturated heterocycles. The summed E-state index contributed by atoms with van der Waals surface area (Å²) >= 11 is 0. The van der Waals surface area contributed by atoms with Gasteiger partial charge in [0.15, 0.2) is 11.5 Å². The second kappa shape index (κ2) is 6.45. The number of amides is 1. The number of carboxylic acids is 1. The second-order valence-corrected chi connectivity index (χ2v) is 5.23. The fourth-order valence-corrected chi connectivity index (χ4v) is 2.33. The van der Waals surface area contributed by atoms with E-state index in [0.29, 0.717) is 22.6 Å². The first-order valence-electron chi connectivity index (χ1n) is 7.24. The Hall–Kier alpha value is -3.28. The molecule has 6 heteroatoms. The van der Waals surface area contributed by atoms with E-state index in [1.165, 1.54) is 6.08 Å². The van der Waals surface area contributed by atoms with Gasteiger partial charge in [0.1, 0.15) is 0 Å². The Balaban J connectivity index is 1.86. The molecule has 1 heterocycles. The van der Waals surface area contributed by atoms with E-state index < -0.39 is 11.9 Å². The van der Waals surface area contributed by atoms with Crippen LogP contribution in [-0.4, -0.2) is 18.7 Å². The highest BCUT2D eigenvalue weighted by molar-refractivity contribution is 6.02. The molecule has 1 aliphatic heterocycles. The topological polar surface area (TPSA) is 87.7 Å². The van der Waals surface area contributed by atoms with Gasteiger partial charge in [-0.15, -0.1) is 0 Å². The number of nitrogens with one attached hydrogen (secondary N) is 1. The van der Waals surface area contributed by atoms with Gasteiger partial charge in [0.2, 0.25) is 6.79 Å². The van der Waals surface area contributed by atoms with Gasteiger partial charge < -0.3 is 24.7 Å². The third-order valence-electron chi connectivity index (χ3n) is 3.57. The van der Waals surface area contributed by atoms with Crippen LogP contribution in [0, 0.1) is 6.92 Å². The summed E-state index contributed by atoms with van der Waals surface area (Å²) in [7, 11) is 0. The van der Waals surface area contributed by atoms with Crippen molar-refractivity contribution in [3.05, 3.63) is 64.9 Å². The molecule has 0 aromatic heterocycles. The van der Waals surface area contributed by atoms with Crippen molar-refractivity contribution in [2.45, 2.75) is 6.92 Å². The van der Waals surface area contributed by atoms with E-state index in [0.717, 1.165) is 5.56 Å². The highest BCUT2D eigenvalue weighted by Gasteiger charge is 2.14. The second-order valence-electron chi connectivity index (χ2n) is 5.23. The van der Waals surface area contributed by atoms with Gasteiger partial charge >= 0.3 is 0 Å². The van der Waals surface area contributed by atoms with E-state index in [1.54, 1.807) is 49.4 Å². The quantitative estimate of drug-likeness (QED) is 0.855. The molecule has 2 aromatic carbocycles. The molecule has 0 radical (unpaired) electrons. The maximum Gasteiger partial charge on any atom is 0.255 e. The van der Waals surface area contributed by atoms with E-state index in [2.05, 4.69) is 5.32 Å². The number of hydrogen-bond acceptors (Lipinski definition) is 5. The summed E-state index contributed by atoms with van der Waals surface area (Å²) in [5, 5.41) is 13.7. The molecular weight excluding hydrogens is 310 g/mol. The average Bonchev–Trinajstić information content (AvgIpc) is 3.02. The van der Waals surface area contributed by atoms with Crippen LogP contribution in [0.3, 0.4) is 0 Å². The maximum absolute atomic E-state index is 12.3. The Morgan fingerprint density at radius 2 is 1.88 bits per heavy atom. The summed E-state index contributed by atoms with van der Waals surface area (Å²) < 4.78 is 10.4. The number of rotatable bonds is 4. The molecule has 2 aromatic rings. The van der Waals surface area contributed by atoms with Gasteiger partial charge in [0.05, 0.1) is 11.7 Å². The van der Waals surface area contributed by atoms with Crippen molar-refractivity contribution >= 4 is 18.0 Å². The van der Waals surface area contributed by atoms with E-state index in [9.17, 15) is 14.7 Å². The van der Waals surface area contributed by atoms with E-state index in [1.807, 2.05) is 0 Å². The SMILES string of the molecule is Cc1ccccc1C(=O)N/C(=C/c1ccc2c(c1)OCO2)C(=O)[O-]. The number of carboxylic acid groups (broad SMARTS) is 1. The minimum atomic E-state index is -1.48. The summed E-state index contributed by atoms with van der Waals surface area (Å²) in [5.74, 6) is -0.878. The average molecular weight is 324 g/mol. The Morgan fingerprint density at radius 3 is 2.62 bits per heavy atom. The summed E-state index contributed by atoms with van der Waals surface area (Å²) in [6.45, 7) is 1.90. The standard InChI is InChI=1S/C18H15NO5/c1-11-4-2-3-5-13(11)17(20)19-14(18(21)22)8-12-6-7-15-16(9-12)24-10-23-15/h2-9H,10H2,1H3,(H,19,20)(H,21,22)/p-1/b14-8+. The molecule has 24 heavy (non-hydrogen) atoms. The smallest absolute Gasteiger partial charge is 0.255 e. The van der Waals surface area contributed by atoms with Crippen LogP contribution in [0.4, 0.5) is 0 Å². The molecular formula is C18H14NO5-. The van der Waals surface area contributed by atoms with Gasteiger partial charge in [-0.3, -0.25) is 4.79 Å². The van der Waals surface area contributed by atoms with Crippen molar-refractivity contribution < 1.29 is 24.2 Å². The number of aliphatic carboxylic acids is 1. The Bertz CT molecular complexity index is 841. The number of fused-ring (bicyclic) bond motifs is 1. The largest absolute Gasteiger partial charge is 0.543 e. The zero-order chi connectivity index (χ0) is 17.1. The van der Waals surface area contributed by atoms with E-state index in [-0.39, 0.29) is 12.5 Å². The molecule has 0 aliphatic carbocycles. The normalized spacial score (nSPS) is 12.8. The summed E-state index contributed by atoms with van der Waals surface area (Å²) in [6.07, 6.45) is 1.31. The number of hydrogen-bond donors (Lipinski definition) is 1. The van der Waals surface area contributed by atoms with Crippen molar-refractivity contribution in [1.82, 2.24) is 5.32 Å². The zero-order valence-electron chi connectivity index (χ0n) is 12.9. The number of aryl methyl sites for hydroxylation is 1. The van der Waals surface area contributed by atoms with Crippen molar-refractivity contribution in [2.75, 3.05) is 6.79 Å². The van der Waals surface area contributed by atoms with E-state index in [4.69, 9.17) is 9.47 Å². The van der Waals surface area contributed by atoms with Crippen molar-refractivity contribution in [3.63, 3.8) is 0 Å². The summed E-state index contributed by atoms with van der Waals surface area (Å²) in [6, 6.07) is 11.9. The van der Waals surface area contributed by atoms with Crippen LogP contribution in [0.1, 0.15) is 21.5 Å². The molecule has 6 nitrogen and oxygen atoms in total. The van der Waals surface area contributed by atoms with Crippen LogP contribution in [0.15, 0.2) is 48.2 Å². The van der Waals surface area contributed by atoms with Crippen molar-refractivity contribution in [1.29, 1.82) is 0 Å². The van der Waals surface area contributed by atoms with Gasteiger partial charge in [-0.1, -0.05) is 24.3 Å². The lowest BCUT2D eigenvalue weighted by Gasteiger charge is -2.12. The molecule has 0 spiro atoms.